The fourth-order valence-corrected chi connectivity index (χ4v) is 4.09. The third-order valence-electron chi connectivity index (χ3n) is 7.30. The minimum Gasteiger partial charge on any atom is -0.399 e. The lowest BCUT2D eigenvalue weighted by atomic mass is 9.79. The average molecular weight is 441 g/mol. The summed E-state index contributed by atoms with van der Waals surface area (Å²) in [6.45, 7) is 15.0. The first-order valence-electron chi connectivity index (χ1n) is 12.0. The molecule has 3 aromatic carbocycles. The summed E-state index contributed by atoms with van der Waals surface area (Å²) in [6, 6.07) is 26.2. The number of hydrogen-bond acceptors (Lipinski definition) is 3. The van der Waals surface area contributed by atoms with E-state index in [4.69, 9.17) is 9.31 Å². The molecule has 1 fully saturated rings. The predicted molar refractivity (Wildman–Crippen MR) is 140 cm³/mol. The first-order valence-corrected chi connectivity index (χ1v) is 12.0. The van der Waals surface area contributed by atoms with E-state index >= 15 is 0 Å². The van der Waals surface area contributed by atoms with Gasteiger partial charge in [0.1, 0.15) is 0 Å². The second kappa shape index (κ2) is 9.00. The molecule has 0 aliphatic carbocycles. The van der Waals surface area contributed by atoms with E-state index in [0.717, 1.165) is 28.9 Å². The largest absolute Gasteiger partial charge is 0.494 e. The number of hydrogen-bond donors (Lipinski definition) is 0. The van der Waals surface area contributed by atoms with Crippen molar-refractivity contribution in [1.82, 2.24) is 0 Å². The highest BCUT2D eigenvalue weighted by Crippen LogP contribution is 2.38. The van der Waals surface area contributed by atoms with E-state index in [9.17, 15) is 0 Å². The molecule has 1 heterocycles. The molecule has 172 valence electrons. The van der Waals surface area contributed by atoms with Crippen molar-refractivity contribution in [2.24, 2.45) is 0 Å². The van der Waals surface area contributed by atoms with E-state index in [-0.39, 0.29) is 18.3 Å². The summed E-state index contributed by atoms with van der Waals surface area (Å²) in [5.41, 5.74) is 6.37. The van der Waals surface area contributed by atoms with Gasteiger partial charge in [-0.15, -0.1) is 0 Å². The molecule has 1 atom stereocenters. The first kappa shape index (κ1) is 23.6. The van der Waals surface area contributed by atoms with Gasteiger partial charge in [-0.2, -0.15) is 0 Å². The van der Waals surface area contributed by atoms with Crippen LogP contribution in [-0.2, 0) is 9.31 Å². The Kier molecular flexibility index (Phi) is 6.44. The number of aryl methyl sites for hydroxylation is 1. The van der Waals surface area contributed by atoms with Crippen molar-refractivity contribution in [2.45, 2.75) is 72.0 Å². The average Bonchev–Trinajstić information content (AvgIpc) is 3.02. The second-order valence-electron chi connectivity index (χ2n) is 10.3. The van der Waals surface area contributed by atoms with E-state index in [1.54, 1.807) is 0 Å². The van der Waals surface area contributed by atoms with Crippen LogP contribution in [0.2, 0.25) is 0 Å². The van der Waals surface area contributed by atoms with Crippen LogP contribution in [0.15, 0.2) is 72.8 Å². The van der Waals surface area contributed by atoms with Crippen molar-refractivity contribution >= 4 is 29.6 Å². The normalized spacial score (nSPS) is 17.7. The van der Waals surface area contributed by atoms with E-state index in [2.05, 4.69) is 126 Å². The van der Waals surface area contributed by atoms with Crippen LogP contribution in [-0.4, -0.2) is 18.3 Å². The zero-order valence-corrected chi connectivity index (χ0v) is 21.1. The van der Waals surface area contributed by atoms with E-state index in [1.807, 2.05) is 0 Å². The first-order chi connectivity index (χ1) is 15.6. The standard InChI is InChI=1S/C29H36BNO2/c1-8-22(3)23-11-17-26(18-12-23)31(25-15-9-21(2)10-16-25)27-19-13-24(14-20-27)30-32-28(4,5)29(6,7)33-30/h9-20,22H,8H2,1-7H3. The fourth-order valence-electron chi connectivity index (χ4n) is 4.09. The highest BCUT2D eigenvalue weighted by Gasteiger charge is 2.51. The Hall–Kier alpha value is -2.56. The fraction of sp³-hybridized carbons (Fsp3) is 0.379. The summed E-state index contributed by atoms with van der Waals surface area (Å²) >= 11 is 0. The zero-order chi connectivity index (χ0) is 23.8. The van der Waals surface area contributed by atoms with E-state index in [1.165, 1.54) is 11.1 Å². The highest BCUT2D eigenvalue weighted by atomic mass is 16.7. The van der Waals surface area contributed by atoms with Crippen molar-refractivity contribution in [2.75, 3.05) is 4.90 Å². The molecule has 4 heteroatoms. The van der Waals surface area contributed by atoms with Crippen LogP contribution in [0.5, 0.6) is 0 Å². The maximum Gasteiger partial charge on any atom is 0.494 e. The summed E-state index contributed by atoms with van der Waals surface area (Å²) < 4.78 is 12.5. The molecule has 1 aliphatic heterocycles. The molecule has 0 N–H and O–H groups in total. The maximum atomic E-state index is 6.24. The van der Waals surface area contributed by atoms with Crippen LogP contribution in [0, 0.1) is 6.92 Å². The van der Waals surface area contributed by atoms with Crippen molar-refractivity contribution in [3.05, 3.63) is 83.9 Å². The third-order valence-corrected chi connectivity index (χ3v) is 7.30. The SMILES string of the molecule is CCC(C)c1ccc(N(c2ccc(C)cc2)c2ccc(B3OC(C)(C)C(C)(C)O3)cc2)cc1. The van der Waals surface area contributed by atoms with Crippen LogP contribution in [0.3, 0.4) is 0 Å². The van der Waals surface area contributed by atoms with Crippen molar-refractivity contribution in [3.8, 4) is 0 Å². The van der Waals surface area contributed by atoms with Gasteiger partial charge < -0.3 is 14.2 Å². The Bertz CT molecular complexity index is 1060. The molecule has 1 aliphatic rings. The van der Waals surface area contributed by atoms with Gasteiger partial charge in [0, 0.05) is 17.1 Å². The van der Waals surface area contributed by atoms with Gasteiger partial charge in [0.05, 0.1) is 11.2 Å². The van der Waals surface area contributed by atoms with Gasteiger partial charge in [-0.3, -0.25) is 0 Å². The molecule has 0 aromatic heterocycles. The summed E-state index contributed by atoms with van der Waals surface area (Å²) in [5.74, 6) is 0.561. The minimum atomic E-state index is -0.355. The molecule has 0 radical (unpaired) electrons. The molecule has 0 spiro atoms. The van der Waals surface area contributed by atoms with Crippen LogP contribution in [0.4, 0.5) is 17.1 Å². The van der Waals surface area contributed by atoms with Gasteiger partial charge in [-0.1, -0.05) is 55.8 Å². The van der Waals surface area contributed by atoms with Gasteiger partial charge in [0.2, 0.25) is 0 Å². The van der Waals surface area contributed by atoms with Crippen LogP contribution in [0.25, 0.3) is 0 Å². The predicted octanol–water partition coefficient (Wildman–Crippen LogP) is 7.28. The molecule has 33 heavy (non-hydrogen) atoms. The number of anilines is 3. The van der Waals surface area contributed by atoms with Crippen molar-refractivity contribution in [1.29, 1.82) is 0 Å². The number of rotatable bonds is 6. The Labute approximate surface area is 199 Å². The number of benzene rings is 3. The number of nitrogens with zero attached hydrogens (tertiary/aromatic N) is 1. The molecule has 0 amide bonds. The van der Waals surface area contributed by atoms with Gasteiger partial charge in [0.25, 0.3) is 0 Å². The minimum absolute atomic E-state index is 0.346. The zero-order valence-electron chi connectivity index (χ0n) is 21.1. The quantitative estimate of drug-likeness (QED) is 0.375. The maximum absolute atomic E-state index is 6.24. The van der Waals surface area contributed by atoms with Gasteiger partial charge in [0.15, 0.2) is 0 Å². The van der Waals surface area contributed by atoms with E-state index < -0.39 is 0 Å². The van der Waals surface area contributed by atoms with Gasteiger partial charge >= 0.3 is 7.12 Å². The van der Waals surface area contributed by atoms with Crippen molar-refractivity contribution in [3.63, 3.8) is 0 Å². The molecule has 3 nitrogen and oxygen atoms in total. The van der Waals surface area contributed by atoms with Crippen LogP contribution >= 0.6 is 0 Å². The summed E-state index contributed by atoms with van der Waals surface area (Å²) in [6.07, 6.45) is 1.14. The lowest BCUT2D eigenvalue weighted by Crippen LogP contribution is -2.41. The smallest absolute Gasteiger partial charge is 0.399 e. The lowest BCUT2D eigenvalue weighted by Gasteiger charge is -2.32. The molecular formula is C29H36BNO2. The Morgan fingerprint density at radius 1 is 0.727 bits per heavy atom. The highest BCUT2D eigenvalue weighted by molar-refractivity contribution is 6.62. The van der Waals surface area contributed by atoms with Gasteiger partial charge in [-0.05, 0) is 94.4 Å². The second-order valence-corrected chi connectivity index (χ2v) is 10.3. The molecule has 1 unspecified atom stereocenters. The molecular weight excluding hydrogens is 405 g/mol. The monoisotopic (exact) mass is 441 g/mol. The summed E-state index contributed by atoms with van der Waals surface area (Å²) in [4.78, 5) is 2.30. The molecule has 4 rings (SSSR count). The topological polar surface area (TPSA) is 21.7 Å². The molecule has 0 saturated carbocycles. The Morgan fingerprint density at radius 2 is 1.15 bits per heavy atom. The molecule has 1 saturated heterocycles. The molecule has 0 bridgehead atoms. The molecule has 3 aromatic rings. The van der Waals surface area contributed by atoms with Crippen LogP contribution < -0.4 is 10.4 Å². The Balaban J connectivity index is 1.67. The third kappa shape index (κ3) is 4.73. The van der Waals surface area contributed by atoms with Gasteiger partial charge in [-0.25, -0.2) is 0 Å². The lowest BCUT2D eigenvalue weighted by molar-refractivity contribution is 0.00578. The summed E-state index contributed by atoms with van der Waals surface area (Å²) in [5, 5.41) is 0. The van der Waals surface area contributed by atoms with Crippen molar-refractivity contribution < 1.29 is 9.31 Å². The van der Waals surface area contributed by atoms with E-state index in [0.29, 0.717) is 5.92 Å². The Morgan fingerprint density at radius 3 is 1.61 bits per heavy atom. The summed E-state index contributed by atoms with van der Waals surface area (Å²) in [7, 11) is -0.355. The van der Waals surface area contributed by atoms with Crippen LogP contribution in [0.1, 0.15) is 65.0 Å².